The number of hydrogen-bond acceptors (Lipinski definition) is 3. The molecule has 2 atom stereocenters. The average molecular weight is 384 g/mol. The molecule has 28 heavy (non-hydrogen) atoms. The molecule has 0 radical (unpaired) electrons. The molecule has 1 saturated carbocycles. The number of likely N-dealkylation sites (tertiary alicyclic amines) is 2. The van der Waals surface area contributed by atoms with Gasteiger partial charge in [-0.3, -0.25) is 9.59 Å². The van der Waals surface area contributed by atoms with Crippen molar-refractivity contribution >= 4 is 11.8 Å². The Hall–Kier alpha value is -1.88. The third kappa shape index (κ3) is 4.57. The van der Waals surface area contributed by atoms with Crippen LogP contribution in [0, 0.1) is 25.7 Å². The number of rotatable bonds is 5. The number of hydrogen-bond donors (Lipinski definition) is 1. The minimum absolute atomic E-state index is 0.0557. The molecule has 2 unspecified atom stereocenters. The highest BCUT2D eigenvalue weighted by molar-refractivity contribution is 5.95. The van der Waals surface area contributed by atoms with Gasteiger partial charge in [-0.2, -0.15) is 0 Å². The minimum atomic E-state index is -0.0791. The van der Waals surface area contributed by atoms with Gasteiger partial charge in [-0.05, 0) is 70.5 Å². The highest BCUT2D eigenvalue weighted by Crippen LogP contribution is 2.31. The number of nitrogens with zero attached hydrogens (tertiary/aromatic N) is 2. The topological polar surface area (TPSA) is 52.7 Å². The summed E-state index contributed by atoms with van der Waals surface area (Å²) in [5.74, 6) is 0.689. The molecular formula is C23H33N3O2. The molecule has 3 fully saturated rings. The van der Waals surface area contributed by atoms with E-state index in [1.165, 1.54) is 25.8 Å². The Kier molecular flexibility index (Phi) is 5.72. The number of amides is 2. The summed E-state index contributed by atoms with van der Waals surface area (Å²) in [6.45, 7) is 8.42. The Morgan fingerprint density at radius 1 is 1.00 bits per heavy atom. The third-order valence-corrected chi connectivity index (χ3v) is 6.49. The summed E-state index contributed by atoms with van der Waals surface area (Å²) < 4.78 is 0. The van der Waals surface area contributed by atoms with Gasteiger partial charge in [-0.25, -0.2) is 0 Å². The van der Waals surface area contributed by atoms with Crippen LogP contribution in [0.25, 0.3) is 0 Å². The van der Waals surface area contributed by atoms with E-state index in [2.05, 4.69) is 16.3 Å². The number of carbonyl (C=O) groups is 2. The molecular weight excluding hydrogens is 350 g/mol. The zero-order valence-electron chi connectivity index (χ0n) is 17.2. The van der Waals surface area contributed by atoms with Gasteiger partial charge in [0.15, 0.2) is 0 Å². The average Bonchev–Trinajstić information content (AvgIpc) is 3.43. The minimum Gasteiger partial charge on any atom is -0.355 e. The van der Waals surface area contributed by atoms with E-state index < -0.39 is 0 Å². The van der Waals surface area contributed by atoms with Crippen LogP contribution in [0.1, 0.15) is 53.6 Å². The molecule has 152 valence electrons. The van der Waals surface area contributed by atoms with Gasteiger partial charge in [0.05, 0.1) is 5.92 Å². The molecule has 0 spiro atoms. The quantitative estimate of drug-likeness (QED) is 0.851. The summed E-state index contributed by atoms with van der Waals surface area (Å²) >= 11 is 0. The van der Waals surface area contributed by atoms with E-state index in [9.17, 15) is 9.59 Å². The number of carbonyl (C=O) groups excluding carboxylic acids is 2. The van der Waals surface area contributed by atoms with Gasteiger partial charge in [0.2, 0.25) is 5.91 Å². The fraction of sp³-hybridized carbons (Fsp3) is 0.652. The monoisotopic (exact) mass is 383 g/mol. The van der Waals surface area contributed by atoms with Crippen molar-refractivity contribution in [2.24, 2.45) is 11.8 Å². The number of piperidine rings is 1. The number of benzene rings is 1. The molecule has 5 nitrogen and oxygen atoms in total. The van der Waals surface area contributed by atoms with Crippen LogP contribution in [0.15, 0.2) is 18.2 Å². The van der Waals surface area contributed by atoms with Gasteiger partial charge in [-0.1, -0.05) is 17.2 Å². The Bertz CT molecular complexity index is 723. The van der Waals surface area contributed by atoms with Crippen LogP contribution in [0.3, 0.4) is 0 Å². The fourth-order valence-electron chi connectivity index (χ4n) is 4.85. The number of aryl methyl sites for hydroxylation is 2. The van der Waals surface area contributed by atoms with E-state index >= 15 is 0 Å². The molecule has 2 saturated heterocycles. The van der Waals surface area contributed by atoms with E-state index in [1.54, 1.807) is 0 Å². The first-order chi connectivity index (χ1) is 13.5. The van der Waals surface area contributed by atoms with Crippen molar-refractivity contribution in [3.63, 3.8) is 0 Å². The Morgan fingerprint density at radius 2 is 1.75 bits per heavy atom. The lowest BCUT2D eigenvalue weighted by atomic mass is 9.95. The summed E-state index contributed by atoms with van der Waals surface area (Å²) in [5, 5.41) is 3.19. The van der Waals surface area contributed by atoms with Gasteiger partial charge in [0.25, 0.3) is 5.91 Å². The van der Waals surface area contributed by atoms with Crippen molar-refractivity contribution in [1.82, 2.24) is 15.1 Å². The zero-order chi connectivity index (χ0) is 19.7. The molecule has 1 aliphatic carbocycles. The fourth-order valence-corrected chi connectivity index (χ4v) is 4.85. The summed E-state index contributed by atoms with van der Waals surface area (Å²) in [5.41, 5.74) is 2.95. The Balaban J connectivity index is 1.29. The third-order valence-electron chi connectivity index (χ3n) is 6.49. The van der Waals surface area contributed by atoms with Crippen LogP contribution in [0.4, 0.5) is 0 Å². The van der Waals surface area contributed by atoms with Crippen LogP contribution < -0.4 is 5.32 Å². The van der Waals surface area contributed by atoms with E-state index in [-0.39, 0.29) is 17.7 Å². The van der Waals surface area contributed by atoms with Gasteiger partial charge in [0.1, 0.15) is 0 Å². The lowest BCUT2D eigenvalue weighted by Crippen LogP contribution is -2.46. The lowest BCUT2D eigenvalue weighted by Gasteiger charge is -2.32. The largest absolute Gasteiger partial charge is 0.355 e. The van der Waals surface area contributed by atoms with Crippen molar-refractivity contribution in [1.29, 1.82) is 0 Å². The van der Waals surface area contributed by atoms with Crippen molar-refractivity contribution in [3.8, 4) is 0 Å². The molecule has 4 rings (SSSR count). The van der Waals surface area contributed by atoms with Crippen molar-refractivity contribution in [2.75, 3.05) is 32.7 Å². The normalized spacial score (nSPS) is 25.7. The van der Waals surface area contributed by atoms with Crippen LogP contribution in [-0.4, -0.2) is 60.4 Å². The first-order valence-corrected chi connectivity index (χ1v) is 10.9. The maximum Gasteiger partial charge on any atom is 0.253 e. The summed E-state index contributed by atoms with van der Waals surface area (Å²) in [6, 6.07) is 6.80. The second-order valence-electron chi connectivity index (χ2n) is 9.09. The zero-order valence-corrected chi connectivity index (χ0v) is 17.2. The van der Waals surface area contributed by atoms with Crippen LogP contribution in [0.2, 0.25) is 0 Å². The van der Waals surface area contributed by atoms with Crippen molar-refractivity contribution in [3.05, 3.63) is 34.9 Å². The van der Waals surface area contributed by atoms with Gasteiger partial charge >= 0.3 is 0 Å². The van der Waals surface area contributed by atoms with Crippen LogP contribution in [-0.2, 0) is 4.79 Å². The SMILES string of the molecule is Cc1cc(C)cc(C(=O)N2CCCC(C(=O)NCC3CCN(C4CC4)C3)C2)c1. The standard InChI is InChI=1S/C23H33N3O2/c1-16-10-17(2)12-20(11-16)23(28)26-8-3-4-19(15-26)22(27)24-13-18-7-9-25(14-18)21-5-6-21/h10-12,18-19,21H,3-9,13-15H2,1-2H3,(H,24,27). The molecule has 0 aromatic heterocycles. The van der Waals surface area contributed by atoms with Crippen molar-refractivity contribution in [2.45, 2.75) is 52.0 Å². The molecule has 5 heteroatoms. The Morgan fingerprint density at radius 3 is 2.46 bits per heavy atom. The molecule has 1 aromatic carbocycles. The smallest absolute Gasteiger partial charge is 0.253 e. The maximum atomic E-state index is 12.9. The lowest BCUT2D eigenvalue weighted by molar-refractivity contribution is -0.126. The summed E-state index contributed by atoms with van der Waals surface area (Å²) in [6.07, 6.45) is 5.67. The molecule has 1 aromatic rings. The molecule has 2 amide bonds. The maximum absolute atomic E-state index is 12.9. The Labute approximate surface area is 168 Å². The van der Waals surface area contributed by atoms with E-state index in [1.807, 2.05) is 30.9 Å². The highest BCUT2D eigenvalue weighted by atomic mass is 16.2. The van der Waals surface area contributed by atoms with Gasteiger partial charge in [-0.15, -0.1) is 0 Å². The predicted octanol–water partition coefficient (Wildman–Crippen LogP) is 2.76. The highest BCUT2D eigenvalue weighted by Gasteiger charge is 2.35. The predicted molar refractivity (Wildman–Crippen MR) is 110 cm³/mol. The van der Waals surface area contributed by atoms with E-state index in [4.69, 9.17) is 0 Å². The first kappa shape index (κ1) is 19.4. The van der Waals surface area contributed by atoms with E-state index in [0.717, 1.165) is 55.2 Å². The second-order valence-corrected chi connectivity index (χ2v) is 9.09. The summed E-state index contributed by atoms with van der Waals surface area (Å²) in [4.78, 5) is 30.1. The molecule has 2 aliphatic heterocycles. The molecule has 2 heterocycles. The molecule has 0 bridgehead atoms. The van der Waals surface area contributed by atoms with Gasteiger partial charge in [0, 0.05) is 37.8 Å². The second kappa shape index (κ2) is 8.24. The van der Waals surface area contributed by atoms with Crippen LogP contribution in [0.5, 0.6) is 0 Å². The first-order valence-electron chi connectivity index (χ1n) is 10.9. The molecule has 1 N–H and O–H groups in total. The summed E-state index contributed by atoms with van der Waals surface area (Å²) in [7, 11) is 0. The molecule has 3 aliphatic rings. The van der Waals surface area contributed by atoms with Crippen molar-refractivity contribution < 1.29 is 9.59 Å². The van der Waals surface area contributed by atoms with Crippen LogP contribution >= 0.6 is 0 Å². The number of nitrogens with one attached hydrogen (secondary N) is 1. The van der Waals surface area contributed by atoms with E-state index in [0.29, 0.717) is 12.5 Å². The van der Waals surface area contributed by atoms with Gasteiger partial charge < -0.3 is 15.1 Å².